The van der Waals surface area contributed by atoms with Gasteiger partial charge in [-0.3, -0.25) is 0 Å². The topological polar surface area (TPSA) is 35.2 Å². The number of thioether (sulfide) groups is 1. The molecular formula is C14H25NOS. The van der Waals surface area contributed by atoms with Crippen molar-refractivity contribution >= 4 is 11.8 Å². The van der Waals surface area contributed by atoms with Crippen molar-refractivity contribution in [2.24, 2.45) is 11.7 Å². The van der Waals surface area contributed by atoms with Gasteiger partial charge in [0.25, 0.3) is 0 Å². The first-order valence-corrected chi connectivity index (χ1v) is 8.44. The molecule has 0 radical (unpaired) electrons. The summed E-state index contributed by atoms with van der Waals surface area (Å²) in [6.07, 6.45) is 11.1. The molecule has 0 aromatic heterocycles. The van der Waals surface area contributed by atoms with Gasteiger partial charge in [-0.2, -0.15) is 11.8 Å². The summed E-state index contributed by atoms with van der Waals surface area (Å²) >= 11 is 2.02. The molecule has 2 aliphatic heterocycles. The van der Waals surface area contributed by atoms with Gasteiger partial charge in [-0.25, -0.2) is 0 Å². The fourth-order valence-corrected chi connectivity index (χ4v) is 5.19. The van der Waals surface area contributed by atoms with Crippen LogP contribution in [0.4, 0.5) is 0 Å². The van der Waals surface area contributed by atoms with Gasteiger partial charge in [0.1, 0.15) is 0 Å². The molecule has 0 aromatic carbocycles. The molecule has 17 heavy (non-hydrogen) atoms. The Balaban J connectivity index is 1.53. The van der Waals surface area contributed by atoms with E-state index in [9.17, 15) is 0 Å². The molecule has 3 fully saturated rings. The molecule has 2 saturated heterocycles. The van der Waals surface area contributed by atoms with Gasteiger partial charge in [-0.05, 0) is 43.8 Å². The Morgan fingerprint density at radius 2 is 1.94 bits per heavy atom. The summed E-state index contributed by atoms with van der Waals surface area (Å²) in [6, 6.07) is 0.423. The molecule has 1 spiro atoms. The van der Waals surface area contributed by atoms with E-state index in [1.54, 1.807) is 0 Å². The summed E-state index contributed by atoms with van der Waals surface area (Å²) < 4.78 is 6.44. The standard InChI is InChI=1S/C14H25NOS/c15-13-10-17-9-11(13)8-12-4-7-14(16-12)5-2-1-3-6-14/h11-13H,1-10,15H2. The lowest BCUT2D eigenvalue weighted by atomic mass is 9.83. The number of rotatable bonds is 2. The highest BCUT2D eigenvalue weighted by Gasteiger charge is 2.42. The molecule has 98 valence electrons. The lowest BCUT2D eigenvalue weighted by molar-refractivity contribution is -0.0694. The van der Waals surface area contributed by atoms with E-state index in [0.29, 0.717) is 23.7 Å². The Hall–Kier alpha value is 0.270. The second kappa shape index (κ2) is 5.10. The second-order valence-electron chi connectivity index (χ2n) is 6.22. The first-order chi connectivity index (χ1) is 8.27. The molecule has 1 aliphatic carbocycles. The van der Waals surface area contributed by atoms with E-state index < -0.39 is 0 Å². The first kappa shape index (κ1) is 12.3. The van der Waals surface area contributed by atoms with Crippen LogP contribution in [0.5, 0.6) is 0 Å². The first-order valence-electron chi connectivity index (χ1n) is 7.29. The maximum Gasteiger partial charge on any atom is 0.0687 e. The lowest BCUT2D eigenvalue weighted by Gasteiger charge is -2.33. The molecule has 3 unspecified atom stereocenters. The van der Waals surface area contributed by atoms with Gasteiger partial charge in [0.2, 0.25) is 0 Å². The average molecular weight is 255 g/mol. The Morgan fingerprint density at radius 1 is 1.12 bits per heavy atom. The Kier molecular flexibility index (Phi) is 3.69. The van der Waals surface area contributed by atoms with E-state index >= 15 is 0 Å². The molecule has 3 heteroatoms. The summed E-state index contributed by atoms with van der Waals surface area (Å²) in [5, 5.41) is 0. The third-order valence-electron chi connectivity index (χ3n) is 4.92. The zero-order chi connectivity index (χ0) is 11.7. The summed E-state index contributed by atoms with van der Waals surface area (Å²) in [7, 11) is 0. The van der Waals surface area contributed by atoms with Gasteiger partial charge in [-0.15, -0.1) is 0 Å². The fourth-order valence-electron chi connectivity index (χ4n) is 3.82. The quantitative estimate of drug-likeness (QED) is 0.824. The van der Waals surface area contributed by atoms with Gasteiger partial charge in [0.05, 0.1) is 11.7 Å². The van der Waals surface area contributed by atoms with Crippen molar-refractivity contribution in [3.63, 3.8) is 0 Å². The van der Waals surface area contributed by atoms with Crippen molar-refractivity contribution in [3.05, 3.63) is 0 Å². The lowest BCUT2D eigenvalue weighted by Crippen LogP contribution is -2.34. The molecule has 0 amide bonds. The molecule has 0 bridgehead atoms. The maximum atomic E-state index is 6.44. The molecule has 3 rings (SSSR count). The van der Waals surface area contributed by atoms with Crippen LogP contribution < -0.4 is 5.73 Å². The van der Waals surface area contributed by atoms with Crippen molar-refractivity contribution in [2.75, 3.05) is 11.5 Å². The monoisotopic (exact) mass is 255 g/mol. The summed E-state index contributed by atoms with van der Waals surface area (Å²) in [6.45, 7) is 0. The van der Waals surface area contributed by atoms with Crippen molar-refractivity contribution in [2.45, 2.75) is 69.1 Å². The van der Waals surface area contributed by atoms with Crippen LogP contribution in [-0.2, 0) is 4.74 Å². The molecule has 2 N–H and O–H groups in total. The molecule has 3 atom stereocenters. The van der Waals surface area contributed by atoms with Crippen LogP contribution in [-0.4, -0.2) is 29.3 Å². The predicted molar refractivity (Wildman–Crippen MR) is 73.3 cm³/mol. The second-order valence-corrected chi connectivity index (χ2v) is 7.29. The Bertz CT molecular complexity index is 265. The molecular weight excluding hydrogens is 230 g/mol. The smallest absolute Gasteiger partial charge is 0.0687 e. The highest BCUT2D eigenvalue weighted by Crippen LogP contribution is 2.44. The number of hydrogen-bond donors (Lipinski definition) is 1. The summed E-state index contributed by atoms with van der Waals surface area (Å²) in [4.78, 5) is 0. The third kappa shape index (κ3) is 2.66. The van der Waals surface area contributed by atoms with Crippen molar-refractivity contribution < 1.29 is 4.74 Å². The van der Waals surface area contributed by atoms with Crippen LogP contribution in [0.3, 0.4) is 0 Å². The van der Waals surface area contributed by atoms with Crippen LogP contribution in [0.15, 0.2) is 0 Å². The number of hydrogen-bond acceptors (Lipinski definition) is 3. The van der Waals surface area contributed by atoms with Crippen molar-refractivity contribution in [3.8, 4) is 0 Å². The van der Waals surface area contributed by atoms with Gasteiger partial charge in [-0.1, -0.05) is 19.3 Å². The Labute approximate surface area is 109 Å². The molecule has 2 nitrogen and oxygen atoms in total. The SMILES string of the molecule is NC1CSCC1CC1CCC2(CCCCC2)O1. The van der Waals surface area contributed by atoms with Gasteiger partial charge >= 0.3 is 0 Å². The molecule has 2 heterocycles. The van der Waals surface area contributed by atoms with Gasteiger partial charge in [0, 0.05) is 11.8 Å². The van der Waals surface area contributed by atoms with Gasteiger partial charge < -0.3 is 10.5 Å². The average Bonchev–Trinajstić information content (AvgIpc) is 2.90. The minimum Gasteiger partial charge on any atom is -0.372 e. The zero-order valence-corrected chi connectivity index (χ0v) is 11.5. The maximum absolute atomic E-state index is 6.44. The van der Waals surface area contributed by atoms with E-state index in [0.717, 1.165) is 5.75 Å². The van der Waals surface area contributed by atoms with E-state index in [1.165, 1.54) is 57.1 Å². The highest BCUT2D eigenvalue weighted by atomic mass is 32.2. The van der Waals surface area contributed by atoms with Crippen LogP contribution in [0.2, 0.25) is 0 Å². The van der Waals surface area contributed by atoms with E-state index in [2.05, 4.69) is 0 Å². The minimum absolute atomic E-state index is 0.290. The minimum atomic E-state index is 0.290. The molecule has 0 aromatic rings. The Morgan fingerprint density at radius 3 is 2.65 bits per heavy atom. The number of nitrogens with two attached hydrogens (primary N) is 1. The van der Waals surface area contributed by atoms with E-state index in [-0.39, 0.29) is 0 Å². The van der Waals surface area contributed by atoms with E-state index in [1.807, 2.05) is 11.8 Å². The normalized spacial score (nSPS) is 41.1. The van der Waals surface area contributed by atoms with Crippen LogP contribution in [0, 0.1) is 5.92 Å². The van der Waals surface area contributed by atoms with E-state index in [4.69, 9.17) is 10.5 Å². The zero-order valence-electron chi connectivity index (χ0n) is 10.7. The van der Waals surface area contributed by atoms with Crippen LogP contribution in [0.25, 0.3) is 0 Å². The van der Waals surface area contributed by atoms with Crippen LogP contribution in [0.1, 0.15) is 51.4 Å². The van der Waals surface area contributed by atoms with Crippen molar-refractivity contribution in [1.82, 2.24) is 0 Å². The predicted octanol–water partition coefficient (Wildman–Crippen LogP) is 2.95. The summed E-state index contributed by atoms with van der Waals surface area (Å²) in [5.74, 6) is 3.13. The highest BCUT2D eigenvalue weighted by molar-refractivity contribution is 7.99. The fraction of sp³-hybridized carbons (Fsp3) is 1.00. The molecule has 3 aliphatic rings. The van der Waals surface area contributed by atoms with Gasteiger partial charge in [0.15, 0.2) is 0 Å². The van der Waals surface area contributed by atoms with Crippen LogP contribution >= 0.6 is 11.8 Å². The molecule has 1 saturated carbocycles. The van der Waals surface area contributed by atoms with Crippen molar-refractivity contribution in [1.29, 1.82) is 0 Å². The third-order valence-corrected chi connectivity index (χ3v) is 6.20. The summed E-state index contributed by atoms with van der Waals surface area (Å²) in [5.41, 5.74) is 6.44. The number of ether oxygens (including phenoxy) is 1. The largest absolute Gasteiger partial charge is 0.372 e.